The zero-order valence-corrected chi connectivity index (χ0v) is 8.23. The molecule has 66 valence electrons. The molecular weight excluding hydrogens is 172 g/mol. The summed E-state index contributed by atoms with van der Waals surface area (Å²) in [6.07, 6.45) is 0.667. The number of nitrogens with one attached hydrogen (secondary N) is 1. The molecule has 0 spiro atoms. The van der Waals surface area contributed by atoms with Crippen LogP contribution in [0.25, 0.3) is 0 Å². The Hall–Kier alpha value is -0.900. The standard InChI is InChI=1S/C8H12N2OS/c1-8(2,3)6-4-7(9-5-11)12-10-6/h4-5H,1-3H3,(H,9,11). The fourth-order valence-corrected chi connectivity index (χ4v) is 1.54. The summed E-state index contributed by atoms with van der Waals surface area (Å²) in [5.41, 5.74) is 1.07. The van der Waals surface area contributed by atoms with E-state index in [1.165, 1.54) is 11.5 Å². The minimum absolute atomic E-state index is 0.0549. The minimum atomic E-state index is 0.0549. The molecule has 1 rings (SSSR count). The van der Waals surface area contributed by atoms with Gasteiger partial charge in [-0.25, -0.2) is 0 Å². The van der Waals surface area contributed by atoms with E-state index in [1.807, 2.05) is 6.07 Å². The van der Waals surface area contributed by atoms with Crippen molar-refractivity contribution < 1.29 is 4.79 Å². The molecule has 0 bridgehead atoms. The van der Waals surface area contributed by atoms with Crippen LogP contribution >= 0.6 is 11.5 Å². The van der Waals surface area contributed by atoms with E-state index in [2.05, 4.69) is 30.5 Å². The summed E-state index contributed by atoms with van der Waals surface area (Å²) in [5.74, 6) is 0. The highest BCUT2D eigenvalue weighted by Crippen LogP contribution is 2.26. The Morgan fingerprint density at radius 3 is 2.67 bits per heavy atom. The molecule has 1 aromatic rings. The van der Waals surface area contributed by atoms with Crippen LogP contribution in [0.2, 0.25) is 0 Å². The lowest BCUT2D eigenvalue weighted by atomic mass is 9.92. The SMILES string of the molecule is CC(C)(C)c1cc(NC=O)sn1. The Morgan fingerprint density at radius 2 is 2.25 bits per heavy atom. The number of amides is 1. The first-order valence-electron chi connectivity index (χ1n) is 3.71. The molecule has 0 saturated heterocycles. The molecule has 0 aromatic carbocycles. The molecule has 4 heteroatoms. The molecule has 0 saturated carbocycles. The predicted molar refractivity (Wildman–Crippen MR) is 50.5 cm³/mol. The molecular formula is C8H12N2OS. The van der Waals surface area contributed by atoms with Crippen LogP contribution in [0, 0.1) is 0 Å². The van der Waals surface area contributed by atoms with E-state index in [0.29, 0.717) is 6.41 Å². The summed E-state index contributed by atoms with van der Waals surface area (Å²) in [6, 6.07) is 1.90. The highest BCUT2D eigenvalue weighted by molar-refractivity contribution is 7.10. The second-order valence-corrected chi connectivity index (χ2v) is 4.39. The fourth-order valence-electron chi connectivity index (χ4n) is 0.755. The van der Waals surface area contributed by atoms with Crippen LogP contribution in [0.15, 0.2) is 6.07 Å². The number of carbonyl (C=O) groups is 1. The predicted octanol–water partition coefficient (Wildman–Crippen LogP) is 2.01. The highest BCUT2D eigenvalue weighted by Gasteiger charge is 2.17. The van der Waals surface area contributed by atoms with E-state index in [4.69, 9.17) is 0 Å². The largest absolute Gasteiger partial charge is 0.319 e. The second-order valence-electron chi connectivity index (χ2n) is 3.59. The summed E-state index contributed by atoms with van der Waals surface area (Å²) in [4.78, 5) is 10.1. The van der Waals surface area contributed by atoms with Gasteiger partial charge in [0.25, 0.3) is 0 Å². The number of rotatable bonds is 2. The lowest BCUT2D eigenvalue weighted by Gasteiger charge is -2.13. The summed E-state index contributed by atoms with van der Waals surface area (Å²) in [5, 5.41) is 3.38. The van der Waals surface area contributed by atoms with Crippen LogP contribution in [0.3, 0.4) is 0 Å². The maximum Gasteiger partial charge on any atom is 0.212 e. The third-order valence-corrected chi connectivity index (χ3v) is 2.20. The number of anilines is 1. The Balaban J connectivity index is 2.84. The van der Waals surface area contributed by atoms with Crippen LogP contribution in [-0.2, 0) is 10.2 Å². The van der Waals surface area contributed by atoms with Gasteiger partial charge >= 0.3 is 0 Å². The number of hydrogen-bond donors (Lipinski definition) is 1. The zero-order valence-electron chi connectivity index (χ0n) is 7.42. The number of hydrogen-bond acceptors (Lipinski definition) is 3. The quantitative estimate of drug-likeness (QED) is 0.714. The molecule has 0 fully saturated rings. The molecule has 3 nitrogen and oxygen atoms in total. The molecule has 0 aliphatic heterocycles. The molecule has 1 aromatic heterocycles. The van der Waals surface area contributed by atoms with Gasteiger partial charge in [-0.2, -0.15) is 4.37 Å². The number of carbonyl (C=O) groups excluding carboxylic acids is 1. The van der Waals surface area contributed by atoms with E-state index < -0.39 is 0 Å². The summed E-state index contributed by atoms with van der Waals surface area (Å²) < 4.78 is 4.23. The molecule has 0 aliphatic carbocycles. The van der Waals surface area contributed by atoms with E-state index in [-0.39, 0.29) is 5.41 Å². The Kier molecular flexibility index (Phi) is 2.47. The zero-order chi connectivity index (χ0) is 9.19. The van der Waals surface area contributed by atoms with Gasteiger partial charge in [0.05, 0.1) is 5.69 Å². The first-order chi connectivity index (χ1) is 5.54. The van der Waals surface area contributed by atoms with Gasteiger partial charge < -0.3 is 5.32 Å². The van der Waals surface area contributed by atoms with Gasteiger partial charge in [-0.1, -0.05) is 20.8 Å². The van der Waals surface area contributed by atoms with Crippen molar-refractivity contribution in [3.05, 3.63) is 11.8 Å². The van der Waals surface area contributed by atoms with Crippen molar-refractivity contribution in [1.82, 2.24) is 4.37 Å². The van der Waals surface area contributed by atoms with Crippen molar-refractivity contribution in [2.45, 2.75) is 26.2 Å². The third-order valence-electron chi connectivity index (χ3n) is 1.48. The van der Waals surface area contributed by atoms with Crippen molar-refractivity contribution in [1.29, 1.82) is 0 Å². The molecule has 0 unspecified atom stereocenters. The van der Waals surface area contributed by atoms with Crippen molar-refractivity contribution in [2.75, 3.05) is 5.32 Å². The molecule has 0 radical (unpaired) electrons. The van der Waals surface area contributed by atoms with E-state index in [9.17, 15) is 4.79 Å². The van der Waals surface area contributed by atoms with Crippen molar-refractivity contribution in [3.63, 3.8) is 0 Å². The Bertz CT molecular complexity index is 275. The number of aromatic nitrogens is 1. The molecule has 0 atom stereocenters. The lowest BCUT2D eigenvalue weighted by molar-refractivity contribution is -0.105. The first-order valence-corrected chi connectivity index (χ1v) is 4.49. The molecule has 1 amide bonds. The Morgan fingerprint density at radius 1 is 1.58 bits per heavy atom. The van der Waals surface area contributed by atoms with Gasteiger partial charge in [0, 0.05) is 5.41 Å². The van der Waals surface area contributed by atoms with E-state index in [0.717, 1.165) is 10.7 Å². The molecule has 1 heterocycles. The highest BCUT2D eigenvalue weighted by atomic mass is 32.1. The van der Waals surface area contributed by atoms with Gasteiger partial charge in [0.2, 0.25) is 6.41 Å². The summed E-state index contributed by atoms with van der Waals surface area (Å²) >= 11 is 1.31. The molecule has 1 N–H and O–H groups in total. The van der Waals surface area contributed by atoms with Gasteiger partial charge in [-0.3, -0.25) is 4.79 Å². The van der Waals surface area contributed by atoms with Crippen LogP contribution in [0.4, 0.5) is 5.00 Å². The topological polar surface area (TPSA) is 42.0 Å². The van der Waals surface area contributed by atoms with Gasteiger partial charge in [-0.15, -0.1) is 0 Å². The van der Waals surface area contributed by atoms with Gasteiger partial charge in [0.1, 0.15) is 5.00 Å². The van der Waals surface area contributed by atoms with Crippen LogP contribution < -0.4 is 5.32 Å². The van der Waals surface area contributed by atoms with Crippen LogP contribution in [0.5, 0.6) is 0 Å². The van der Waals surface area contributed by atoms with Gasteiger partial charge in [-0.05, 0) is 17.6 Å². The number of nitrogens with zero attached hydrogens (tertiary/aromatic N) is 1. The van der Waals surface area contributed by atoms with E-state index in [1.54, 1.807) is 0 Å². The monoisotopic (exact) mass is 184 g/mol. The molecule has 12 heavy (non-hydrogen) atoms. The van der Waals surface area contributed by atoms with Crippen LogP contribution in [0.1, 0.15) is 26.5 Å². The third kappa shape index (κ3) is 2.04. The van der Waals surface area contributed by atoms with Crippen molar-refractivity contribution in [2.24, 2.45) is 0 Å². The van der Waals surface area contributed by atoms with Crippen LogP contribution in [-0.4, -0.2) is 10.8 Å². The van der Waals surface area contributed by atoms with Crippen molar-refractivity contribution >= 4 is 22.9 Å². The van der Waals surface area contributed by atoms with Gasteiger partial charge in [0.15, 0.2) is 0 Å². The maximum atomic E-state index is 10.1. The average molecular weight is 184 g/mol. The first kappa shape index (κ1) is 9.19. The summed E-state index contributed by atoms with van der Waals surface area (Å²) in [6.45, 7) is 6.27. The average Bonchev–Trinajstić information content (AvgIpc) is 2.35. The normalized spacial score (nSPS) is 11.2. The maximum absolute atomic E-state index is 10.1. The molecule has 0 aliphatic rings. The Labute approximate surface area is 76.0 Å². The summed E-state index contributed by atoms with van der Waals surface area (Å²) in [7, 11) is 0. The lowest BCUT2D eigenvalue weighted by Crippen LogP contribution is -2.10. The van der Waals surface area contributed by atoms with Crippen molar-refractivity contribution in [3.8, 4) is 0 Å². The van der Waals surface area contributed by atoms with E-state index >= 15 is 0 Å². The smallest absolute Gasteiger partial charge is 0.212 e. The second kappa shape index (κ2) is 3.23. The fraction of sp³-hybridized carbons (Fsp3) is 0.500. The minimum Gasteiger partial charge on any atom is -0.319 e.